The van der Waals surface area contributed by atoms with Gasteiger partial charge in [-0.1, -0.05) is 0 Å². The molecule has 76 valence electrons. The predicted molar refractivity (Wildman–Crippen MR) is 58.2 cm³/mol. The summed E-state index contributed by atoms with van der Waals surface area (Å²) in [7, 11) is 0. The zero-order valence-electron chi connectivity index (χ0n) is 8.04. The Morgan fingerprint density at radius 2 is 2.14 bits per heavy atom. The van der Waals surface area contributed by atoms with Crippen molar-refractivity contribution in [1.82, 2.24) is 9.55 Å². The van der Waals surface area contributed by atoms with Crippen LogP contribution in [-0.4, -0.2) is 15.6 Å². The van der Waals surface area contributed by atoms with Crippen molar-refractivity contribution in [2.24, 2.45) is 5.73 Å². The summed E-state index contributed by atoms with van der Waals surface area (Å²) in [4.78, 5) is 4.71. The molecule has 1 aromatic heterocycles. The van der Waals surface area contributed by atoms with Gasteiger partial charge in [0, 0.05) is 24.9 Å². The van der Waals surface area contributed by atoms with E-state index in [1.807, 2.05) is 0 Å². The molecule has 1 aliphatic carbocycles. The van der Waals surface area contributed by atoms with Crippen molar-refractivity contribution in [2.75, 3.05) is 0 Å². The molecule has 2 N–H and O–H groups in total. The van der Waals surface area contributed by atoms with E-state index >= 15 is 0 Å². The summed E-state index contributed by atoms with van der Waals surface area (Å²) in [5, 5.41) is 0. The highest BCUT2D eigenvalue weighted by atomic mass is 79.9. The van der Waals surface area contributed by atoms with Crippen LogP contribution in [0.15, 0.2) is 4.60 Å². The van der Waals surface area contributed by atoms with Crippen LogP contribution in [0.3, 0.4) is 0 Å². The van der Waals surface area contributed by atoms with Crippen molar-refractivity contribution in [3.63, 3.8) is 0 Å². The smallest absolute Gasteiger partial charge is 0.109 e. The Morgan fingerprint density at radius 1 is 1.36 bits per heavy atom. The van der Waals surface area contributed by atoms with Gasteiger partial charge in [-0.15, -0.1) is 0 Å². The average Bonchev–Trinajstić information content (AvgIpc) is 2.95. The highest BCUT2D eigenvalue weighted by molar-refractivity contribution is 9.10. The standard InChI is InChI=1S/C10H14BrN3/c11-10-9(6-1-2-6)13-8-4-3-7(12)5-14(8)10/h6-7H,1-5,12H2. The van der Waals surface area contributed by atoms with Crippen LogP contribution in [0.5, 0.6) is 0 Å². The van der Waals surface area contributed by atoms with Crippen molar-refractivity contribution < 1.29 is 0 Å². The molecule has 3 rings (SSSR count). The summed E-state index contributed by atoms with van der Waals surface area (Å²) in [6.45, 7) is 0.926. The highest BCUT2D eigenvalue weighted by Gasteiger charge is 2.31. The van der Waals surface area contributed by atoms with Gasteiger partial charge in [0.15, 0.2) is 0 Å². The number of nitrogens with zero attached hydrogens (tertiary/aromatic N) is 2. The van der Waals surface area contributed by atoms with Crippen molar-refractivity contribution in [2.45, 2.75) is 44.2 Å². The van der Waals surface area contributed by atoms with Gasteiger partial charge < -0.3 is 10.3 Å². The highest BCUT2D eigenvalue weighted by Crippen LogP contribution is 2.43. The van der Waals surface area contributed by atoms with Gasteiger partial charge in [-0.05, 0) is 35.2 Å². The number of aromatic nitrogens is 2. The van der Waals surface area contributed by atoms with Crippen LogP contribution in [-0.2, 0) is 13.0 Å². The van der Waals surface area contributed by atoms with Crippen LogP contribution >= 0.6 is 15.9 Å². The summed E-state index contributed by atoms with van der Waals surface area (Å²) < 4.78 is 3.44. The minimum absolute atomic E-state index is 0.306. The van der Waals surface area contributed by atoms with E-state index in [1.165, 1.54) is 29.0 Å². The minimum atomic E-state index is 0.306. The number of imidazole rings is 1. The van der Waals surface area contributed by atoms with Crippen LogP contribution in [0.2, 0.25) is 0 Å². The lowest BCUT2D eigenvalue weighted by Crippen LogP contribution is -2.32. The molecular formula is C10H14BrN3. The Bertz CT molecular complexity index is 368. The van der Waals surface area contributed by atoms with Gasteiger partial charge in [0.05, 0.1) is 5.69 Å². The van der Waals surface area contributed by atoms with Crippen molar-refractivity contribution >= 4 is 15.9 Å². The molecule has 0 saturated heterocycles. The van der Waals surface area contributed by atoms with E-state index in [9.17, 15) is 0 Å². The molecule has 0 amide bonds. The molecule has 3 nitrogen and oxygen atoms in total. The normalized spacial score (nSPS) is 26.3. The second-order valence-corrected chi connectivity index (χ2v) is 5.14. The lowest BCUT2D eigenvalue weighted by molar-refractivity contribution is 0.449. The molecule has 0 bridgehead atoms. The Labute approximate surface area is 91.8 Å². The molecule has 1 aromatic rings. The lowest BCUT2D eigenvalue weighted by atomic mass is 10.1. The van der Waals surface area contributed by atoms with E-state index in [0.29, 0.717) is 6.04 Å². The Morgan fingerprint density at radius 3 is 2.86 bits per heavy atom. The largest absolute Gasteiger partial charge is 0.326 e. The molecule has 1 saturated carbocycles. The monoisotopic (exact) mass is 255 g/mol. The molecule has 0 aromatic carbocycles. The second kappa shape index (κ2) is 3.07. The zero-order chi connectivity index (χ0) is 9.71. The quantitative estimate of drug-likeness (QED) is 0.832. The fourth-order valence-corrected chi connectivity index (χ4v) is 2.89. The topological polar surface area (TPSA) is 43.8 Å². The fourth-order valence-electron chi connectivity index (χ4n) is 2.13. The summed E-state index contributed by atoms with van der Waals surface area (Å²) in [5.41, 5.74) is 7.22. The third-order valence-corrected chi connectivity index (χ3v) is 3.96. The van der Waals surface area contributed by atoms with E-state index in [2.05, 4.69) is 20.5 Å². The maximum Gasteiger partial charge on any atom is 0.109 e. The number of rotatable bonds is 1. The molecule has 1 unspecified atom stereocenters. The lowest BCUT2D eigenvalue weighted by Gasteiger charge is -2.20. The molecular weight excluding hydrogens is 242 g/mol. The van der Waals surface area contributed by atoms with Gasteiger partial charge in [-0.3, -0.25) is 0 Å². The second-order valence-electron chi connectivity index (χ2n) is 4.39. The SMILES string of the molecule is NC1CCc2nc(C3CC3)c(Br)n2C1. The number of fused-ring (bicyclic) bond motifs is 1. The van der Waals surface area contributed by atoms with Crippen LogP contribution in [0.25, 0.3) is 0 Å². The summed E-state index contributed by atoms with van der Waals surface area (Å²) in [5.74, 6) is 1.94. The fraction of sp³-hybridized carbons (Fsp3) is 0.700. The van der Waals surface area contributed by atoms with Gasteiger partial charge in [-0.25, -0.2) is 4.98 Å². The Kier molecular flexibility index (Phi) is 1.96. The third-order valence-electron chi connectivity index (χ3n) is 3.13. The summed E-state index contributed by atoms with van der Waals surface area (Å²) >= 11 is 3.65. The van der Waals surface area contributed by atoms with Crippen LogP contribution < -0.4 is 5.73 Å². The third kappa shape index (κ3) is 1.32. The van der Waals surface area contributed by atoms with E-state index < -0.39 is 0 Å². The first-order valence-electron chi connectivity index (χ1n) is 5.26. The minimum Gasteiger partial charge on any atom is -0.326 e. The number of hydrogen-bond acceptors (Lipinski definition) is 2. The zero-order valence-corrected chi connectivity index (χ0v) is 9.63. The van der Waals surface area contributed by atoms with Gasteiger partial charge in [-0.2, -0.15) is 0 Å². The van der Waals surface area contributed by atoms with E-state index in [4.69, 9.17) is 10.7 Å². The molecule has 2 aliphatic rings. The molecule has 2 heterocycles. The molecule has 1 fully saturated rings. The van der Waals surface area contributed by atoms with Crippen LogP contribution in [0.4, 0.5) is 0 Å². The maximum absolute atomic E-state index is 5.95. The number of nitrogens with two attached hydrogens (primary N) is 1. The first-order chi connectivity index (χ1) is 6.75. The predicted octanol–water partition coefficient (Wildman–Crippen LogP) is 1.80. The number of hydrogen-bond donors (Lipinski definition) is 1. The van der Waals surface area contributed by atoms with Crippen molar-refractivity contribution in [3.8, 4) is 0 Å². The maximum atomic E-state index is 5.95. The first kappa shape index (κ1) is 8.92. The van der Waals surface area contributed by atoms with E-state index in [-0.39, 0.29) is 0 Å². The molecule has 14 heavy (non-hydrogen) atoms. The Hall–Kier alpha value is -0.350. The van der Waals surface area contributed by atoms with E-state index in [0.717, 1.165) is 25.3 Å². The number of aryl methyl sites for hydroxylation is 1. The van der Waals surface area contributed by atoms with Gasteiger partial charge in [0.1, 0.15) is 10.4 Å². The van der Waals surface area contributed by atoms with Crippen LogP contribution in [0.1, 0.15) is 36.7 Å². The molecule has 0 spiro atoms. The molecule has 4 heteroatoms. The van der Waals surface area contributed by atoms with Crippen molar-refractivity contribution in [3.05, 3.63) is 16.1 Å². The molecule has 0 radical (unpaired) electrons. The van der Waals surface area contributed by atoms with Gasteiger partial charge in [0.25, 0.3) is 0 Å². The average molecular weight is 256 g/mol. The molecule has 1 atom stereocenters. The first-order valence-corrected chi connectivity index (χ1v) is 6.05. The Balaban J connectivity index is 2.02. The van der Waals surface area contributed by atoms with Crippen LogP contribution in [0, 0.1) is 0 Å². The summed E-state index contributed by atoms with van der Waals surface area (Å²) in [6.07, 6.45) is 4.72. The number of halogens is 1. The van der Waals surface area contributed by atoms with Gasteiger partial charge in [0.2, 0.25) is 0 Å². The van der Waals surface area contributed by atoms with E-state index in [1.54, 1.807) is 0 Å². The van der Waals surface area contributed by atoms with Gasteiger partial charge >= 0.3 is 0 Å². The van der Waals surface area contributed by atoms with Crippen molar-refractivity contribution in [1.29, 1.82) is 0 Å². The molecule has 1 aliphatic heterocycles. The summed E-state index contributed by atoms with van der Waals surface area (Å²) in [6, 6.07) is 0.306.